The van der Waals surface area contributed by atoms with E-state index in [0.29, 0.717) is 12.0 Å². The summed E-state index contributed by atoms with van der Waals surface area (Å²) in [5.41, 5.74) is 0.0779. The summed E-state index contributed by atoms with van der Waals surface area (Å²) in [7, 11) is 0. The molecule has 1 fully saturated rings. The highest BCUT2D eigenvalue weighted by Crippen LogP contribution is 2.40. The van der Waals surface area contributed by atoms with Crippen LogP contribution in [0.4, 0.5) is 5.69 Å². The van der Waals surface area contributed by atoms with E-state index in [-0.39, 0.29) is 29.1 Å². The monoisotopic (exact) mass is 438 g/mol. The zero-order chi connectivity index (χ0) is 23.4. The van der Waals surface area contributed by atoms with Gasteiger partial charge in [-0.2, -0.15) is 0 Å². The number of nitro groups is 1. The van der Waals surface area contributed by atoms with E-state index in [0.717, 1.165) is 12.5 Å². The zero-order valence-corrected chi connectivity index (χ0v) is 17.6. The number of hydrogen-bond donors (Lipinski definition) is 1. The summed E-state index contributed by atoms with van der Waals surface area (Å²) in [6, 6.07) is 10.6. The van der Waals surface area contributed by atoms with E-state index in [9.17, 15) is 29.6 Å². The fourth-order valence-electron chi connectivity index (χ4n) is 3.62. The number of non-ortho nitro benzene ring substituents is 1. The van der Waals surface area contributed by atoms with Gasteiger partial charge in [0.15, 0.2) is 0 Å². The van der Waals surface area contributed by atoms with E-state index in [1.165, 1.54) is 36.1 Å². The Hall–Kier alpha value is -4.01. The fourth-order valence-corrected chi connectivity index (χ4v) is 3.62. The van der Waals surface area contributed by atoms with Gasteiger partial charge >= 0.3 is 5.97 Å². The lowest BCUT2D eigenvalue weighted by molar-refractivity contribution is -0.384. The van der Waals surface area contributed by atoms with Gasteiger partial charge in [-0.05, 0) is 24.1 Å². The Labute approximate surface area is 184 Å². The number of hydrogen-bond acceptors (Lipinski definition) is 7. The first kappa shape index (κ1) is 22.7. The number of ketones is 1. The van der Waals surface area contributed by atoms with Gasteiger partial charge in [0.1, 0.15) is 11.5 Å². The van der Waals surface area contributed by atoms with Crippen LogP contribution >= 0.6 is 0 Å². The molecule has 2 aromatic rings. The predicted molar refractivity (Wildman–Crippen MR) is 115 cm³/mol. The number of nitrogens with zero attached hydrogens (tertiary/aromatic N) is 2. The minimum absolute atomic E-state index is 0.0498. The second-order valence-corrected chi connectivity index (χ2v) is 7.32. The molecule has 1 heterocycles. The van der Waals surface area contributed by atoms with E-state index in [1.54, 1.807) is 18.2 Å². The normalized spacial score (nSPS) is 17.4. The molecule has 0 aliphatic carbocycles. The van der Waals surface area contributed by atoms with Crippen LogP contribution in [-0.2, 0) is 14.4 Å². The van der Waals surface area contributed by atoms with E-state index in [1.807, 2.05) is 6.92 Å². The second kappa shape index (κ2) is 9.42. The molecule has 1 N–H and O–H groups in total. The lowest BCUT2D eigenvalue weighted by Crippen LogP contribution is -2.30. The average molecular weight is 438 g/mol. The highest BCUT2D eigenvalue weighted by atomic mass is 16.6. The van der Waals surface area contributed by atoms with Gasteiger partial charge in [-0.1, -0.05) is 37.6 Å². The van der Waals surface area contributed by atoms with E-state index >= 15 is 0 Å². The topological polar surface area (TPSA) is 127 Å². The first-order chi connectivity index (χ1) is 15.2. The Bertz CT molecular complexity index is 1120. The molecule has 0 aromatic heterocycles. The molecular weight excluding hydrogens is 416 g/mol. The molecule has 0 saturated carbocycles. The van der Waals surface area contributed by atoms with Crippen molar-refractivity contribution < 1.29 is 29.2 Å². The predicted octanol–water partition coefficient (Wildman–Crippen LogP) is 3.74. The van der Waals surface area contributed by atoms with Crippen LogP contribution in [0.15, 0.2) is 54.1 Å². The van der Waals surface area contributed by atoms with Gasteiger partial charge in [-0.25, -0.2) is 0 Å². The van der Waals surface area contributed by atoms with Crippen molar-refractivity contribution in [3.8, 4) is 5.75 Å². The Kier molecular flexibility index (Phi) is 6.67. The maximum atomic E-state index is 12.9. The maximum absolute atomic E-state index is 12.9. The Balaban J connectivity index is 2.18. The first-order valence-electron chi connectivity index (χ1n) is 10.1. The number of carbonyl (C=O) groups excluding carboxylic acids is 3. The molecule has 0 spiro atoms. The lowest BCUT2D eigenvalue weighted by atomic mass is 9.95. The number of nitro benzene ring substituents is 1. The number of carbonyl (C=O) groups is 3. The number of amides is 1. The van der Waals surface area contributed by atoms with Crippen LogP contribution in [0.5, 0.6) is 5.75 Å². The van der Waals surface area contributed by atoms with E-state index < -0.39 is 34.4 Å². The molecule has 1 aliphatic rings. The summed E-state index contributed by atoms with van der Waals surface area (Å²) in [4.78, 5) is 49.0. The molecule has 1 saturated heterocycles. The van der Waals surface area contributed by atoms with Crippen molar-refractivity contribution in [3.05, 3.63) is 75.3 Å². The fraction of sp³-hybridized carbons (Fsp3) is 0.261. The number of ether oxygens (including phenoxy) is 1. The number of rotatable bonds is 7. The first-order valence-corrected chi connectivity index (χ1v) is 10.1. The molecule has 166 valence electrons. The molecule has 1 atom stereocenters. The van der Waals surface area contributed by atoms with Gasteiger partial charge in [0.25, 0.3) is 17.4 Å². The smallest absolute Gasteiger partial charge is 0.308 e. The molecule has 32 heavy (non-hydrogen) atoms. The van der Waals surface area contributed by atoms with Gasteiger partial charge < -0.3 is 14.7 Å². The molecule has 1 aliphatic heterocycles. The second-order valence-electron chi connectivity index (χ2n) is 7.32. The third-order valence-electron chi connectivity index (χ3n) is 5.06. The molecule has 3 rings (SSSR count). The number of likely N-dealkylation sites (tertiary alicyclic amines) is 1. The van der Waals surface area contributed by atoms with Crippen LogP contribution in [0, 0.1) is 10.1 Å². The van der Waals surface area contributed by atoms with Crippen LogP contribution < -0.4 is 4.74 Å². The minimum Gasteiger partial charge on any atom is -0.507 e. The van der Waals surface area contributed by atoms with Crippen molar-refractivity contribution in [2.24, 2.45) is 0 Å². The number of benzene rings is 2. The summed E-state index contributed by atoms with van der Waals surface area (Å²) in [6.45, 7) is 3.47. The maximum Gasteiger partial charge on any atom is 0.308 e. The third-order valence-corrected chi connectivity index (χ3v) is 5.06. The highest BCUT2D eigenvalue weighted by Gasteiger charge is 2.45. The summed E-state index contributed by atoms with van der Waals surface area (Å²) < 4.78 is 5.13. The number of aliphatic hydroxyl groups is 1. The molecule has 0 bridgehead atoms. The molecule has 2 aromatic carbocycles. The molecule has 9 nitrogen and oxygen atoms in total. The van der Waals surface area contributed by atoms with Crippen molar-refractivity contribution in [2.75, 3.05) is 6.54 Å². The van der Waals surface area contributed by atoms with Gasteiger partial charge in [0, 0.05) is 31.2 Å². The Morgan fingerprint density at radius 2 is 1.91 bits per heavy atom. The number of esters is 1. The average Bonchev–Trinajstić information content (AvgIpc) is 3.01. The molecule has 0 radical (unpaired) electrons. The van der Waals surface area contributed by atoms with Crippen LogP contribution in [0.25, 0.3) is 5.76 Å². The minimum atomic E-state index is -0.934. The quantitative estimate of drug-likeness (QED) is 0.133. The van der Waals surface area contributed by atoms with Gasteiger partial charge in [0.2, 0.25) is 0 Å². The Morgan fingerprint density at radius 1 is 1.19 bits per heavy atom. The standard InChI is InChI=1S/C23H22N2O7/c1-3-4-11-24-20(15-7-6-10-18(13-15)32-14(2)26)19(22(28)23(24)29)21(27)16-8-5-9-17(12-16)25(30)31/h5-10,12-13,20,27H,3-4,11H2,1-2H3/b21-19-. The van der Waals surface area contributed by atoms with Crippen LogP contribution in [0.1, 0.15) is 43.9 Å². The zero-order valence-electron chi connectivity index (χ0n) is 17.6. The van der Waals surface area contributed by atoms with Crippen molar-refractivity contribution in [1.82, 2.24) is 4.90 Å². The summed E-state index contributed by atoms with van der Waals surface area (Å²) >= 11 is 0. The van der Waals surface area contributed by atoms with Gasteiger partial charge in [-0.15, -0.1) is 0 Å². The third kappa shape index (κ3) is 4.51. The number of aliphatic hydroxyl groups excluding tert-OH is 1. The number of Topliss-reactive ketones (excluding diaryl/α,β-unsaturated/α-hetero) is 1. The molecule has 1 amide bonds. The van der Waals surface area contributed by atoms with Crippen molar-refractivity contribution >= 4 is 29.1 Å². The van der Waals surface area contributed by atoms with Crippen molar-refractivity contribution in [2.45, 2.75) is 32.7 Å². The summed E-state index contributed by atoms with van der Waals surface area (Å²) in [5.74, 6) is -2.46. The lowest BCUT2D eigenvalue weighted by Gasteiger charge is -2.25. The van der Waals surface area contributed by atoms with Crippen molar-refractivity contribution in [1.29, 1.82) is 0 Å². The van der Waals surface area contributed by atoms with E-state index in [2.05, 4.69) is 0 Å². The van der Waals surface area contributed by atoms with Crippen molar-refractivity contribution in [3.63, 3.8) is 0 Å². The molecule has 1 unspecified atom stereocenters. The SMILES string of the molecule is CCCCN1C(=O)C(=O)/C(=C(\O)c2cccc([N+](=O)[O-])c2)C1c1cccc(OC(C)=O)c1. The number of unbranched alkanes of at least 4 members (excludes halogenated alkanes) is 1. The van der Waals surface area contributed by atoms with Crippen LogP contribution in [-0.4, -0.2) is 39.1 Å². The summed E-state index contributed by atoms with van der Waals surface area (Å²) in [6.07, 6.45) is 1.40. The highest BCUT2D eigenvalue weighted by molar-refractivity contribution is 6.46. The van der Waals surface area contributed by atoms with Crippen LogP contribution in [0.2, 0.25) is 0 Å². The molecule has 9 heteroatoms. The van der Waals surface area contributed by atoms with Gasteiger partial charge in [-0.3, -0.25) is 24.5 Å². The Morgan fingerprint density at radius 3 is 2.56 bits per heavy atom. The summed E-state index contributed by atoms with van der Waals surface area (Å²) in [5, 5.41) is 22.1. The van der Waals surface area contributed by atoms with Crippen LogP contribution in [0.3, 0.4) is 0 Å². The largest absolute Gasteiger partial charge is 0.507 e. The van der Waals surface area contributed by atoms with Gasteiger partial charge in [0.05, 0.1) is 16.5 Å². The molecular formula is C23H22N2O7. The van der Waals surface area contributed by atoms with E-state index in [4.69, 9.17) is 4.74 Å².